The lowest BCUT2D eigenvalue weighted by Gasteiger charge is -2.14. The third-order valence-corrected chi connectivity index (χ3v) is 3.70. The van der Waals surface area contributed by atoms with Gasteiger partial charge in [0.15, 0.2) is 0 Å². The summed E-state index contributed by atoms with van der Waals surface area (Å²) in [5, 5.41) is 14.3. The molecule has 1 aromatic rings. The molecule has 0 radical (unpaired) electrons. The van der Waals surface area contributed by atoms with E-state index in [0.29, 0.717) is 6.42 Å². The standard InChI is InChI=1S/C13H13Cl2FN2O2/c14-9-4-11(16)12(5-10(9)15)18-13(20)17-8-2-1-7(3-8)6-19/h1-2,4-5,7-8,19H,3,6H2,(H2,17,18,20)/t7-,8+/m0/s1. The van der Waals surface area contributed by atoms with E-state index in [-0.39, 0.29) is 34.3 Å². The fourth-order valence-electron chi connectivity index (χ4n) is 1.96. The van der Waals surface area contributed by atoms with Gasteiger partial charge in [-0.2, -0.15) is 0 Å². The van der Waals surface area contributed by atoms with Crippen molar-refractivity contribution < 1.29 is 14.3 Å². The Hall–Kier alpha value is -1.30. The summed E-state index contributed by atoms with van der Waals surface area (Å²) in [5.74, 6) is -0.619. The Bertz CT molecular complexity index is 551. The number of carbonyl (C=O) groups excluding carboxylic acids is 1. The van der Waals surface area contributed by atoms with Crippen LogP contribution in [0, 0.1) is 11.7 Å². The molecule has 0 aliphatic heterocycles. The number of anilines is 1. The molecule has 4 nitrogen and oxygen atoms in total. The Morgan fingerprint density at radius 3 is 2.70 bits per heavy atom. The van der Waals surface area contributed by atoms with E-state index >= 15 is 0 Å². The van der Waals surface area contributed by atoms with Gasteiger partial charge in [-0.05, 0) is 18.6 Å². The number of aliphatic hydroxyl groups excluding tert-OH is 1. The highest BCUT2D eigenvalue weighted by molar-refractivity contribution is 6.42. The van der Waals surface area contributed by atoms with E-state index in [1.54, 1.807) is 6.08 Å². The lowest BCUT2D eigenvalue weighted by molar-refractivity contribution is 0.238. The Labute approximate surface area is 125 Å². The molecule has 2 amide bonds. The predicted octanol–water partition coefficient (Wildman–Crippen LogP) is 3.19. The van der Waals surface area contributed by atoms with Crippen LogP contribution < -0.4 is 10.6 Å². The number of urea groups is 1. The van der Waals surface area contributed by atoms with Crippen LogP contribution in [0.3, 0.4) is 0 Å². The van der Waals surface area contributed by atoms with Crippen LogP contribution in [0.15, 0.2) is 24.3 Å². The SMILES string of the molecule is O=C(Nc1cc(Cl)c(Cl)cc1F)N[C@@H]1C=C[C@H](CO)C1. The van der Waals surface area contributed by atoms with E-state index in [1.165, 1.54) is 6.07 Å². The Balaban J connectivity index is 1.95. The maximum absolute atomic E-state index is 13.6. The van der Waals surface area contributed by atoms with Gasteiger partial charge < -0.3 is 15.7 Å². The highest BCUT2D eigenvalue weighted by Gasteiger charge is 2.20. The molecule has 1 aliphatic rings. The molecule has 1 aliphatic carbocycles. The second kappa shape index (κ2) is 6.43. The number of benzene rings is 1. The third-order valence-electron chi connectivity index (χ3n) is 2.98. The molecule has 0 unspecified atom stereocenters. The van der Waals surface area contributed by atoms with Gasteiger partial charge in [0.25, 0.3) is 0 Å². The molecule has 20 heavy (non-hydrogen) atoms. The van der Waals surface area contributed by atoms with E-state index in [2.05, 4.69) is 10.6 Å². The van der Waals surface area contributed by atoms with Crippen molar-refractivity contribution in [3.05, 3.63) is 40.1 Å². The van der Waals surface area contributed by atoms with Gasteiger partial charge in [-0.1, -0.05) is 35.4 Å². The van der Waals surface area contributed by atoms with Crippen molar-refractivity contribution in [2.75, 3.05) is 11.9 Å². The maximum atomic E-state index is 13.6. The smallest absolute Gasteiger partial charge is 0.319 e. The summed E-state index contributed by atoms with van der Waals surface area (Å²) in [5.41, 5.74) is -0.0439. The predicted molar refractivity (Wildman–Crippen MR) is 76.7 cm³/mol. The summed E-state index contributed by atoms with van der Waals surface area (Å²) < 4.78 is 13.6. The number of rotatable bonds is 3. The molecule has 2 atom stereocenters. The summed E-state index contributed by atoms with van der Waals surface area (Å²) in [6, 6.07) is 1.56. The molecule has 3 N–H and O–H groups in total. The zero-order chi connectivity index (χ0) is 14.7. The average molecular weight is 319 g/mol. The number of nitrogens with one attached hydrogen (secondary N) is 2. The zero-order valence-electron chi connectivity index (χ0n) is 10.4. The van der Waals surface area contributed by atoms with Crippen molar-refractivity contribution in [3.8, 4) is 0 Å². The summed E-state index contributed by atoms with van der Waals surface area (Å²) in [4.78, 5) is 11.8. The van der Waals surface area contributed by atoms with Gasteiger partial charge in [-0.15, -0.1) is 0 Å². The lowest BCUT2D eigenvalue weighted by Crippen LogP contribution is -2.36. The maximum Gasteiger partial charge on any atom is 0.319 e. The van der Waals surface area contributed by atoms with Crippen molar-refractivity contribution >= 4 is 34.9 Å². The molecule has 2 rings (SSSR count). The van der Waals surface area contributed by atoms with Crippen molar-refractivity contribution in [3.63, 3.8) is 0 Å². The average Bonchev–Trinajstić information content (AvgIpc) is 2.83. The van der Waals surface area contributed by atoms with Crippen molar-refractivity contribution in [2.45, 2.75) is 12.5 Å². The minimum Gasteiger partial charge on any atom is -0.396 e. The van der Waals surface area contributed by atoms with Gasteiger partial charge in [0, 0.05) is 18.6 Å². The monoisotopic (exact) mass is 318 g/mol. The molecule has 0 saturated carbocycles. The number of hydrogen-bond donors (Lipinski definition) is 3. The van der Waals surface area contributed by atoms with Crippen molar-refractivity contribution in [1.29, 1.82) is 0 Å². The first kappa shape index (κ1) is 15.1. The first-order valence-electron chi connectivity index (χ1n) is 6.01. The minimum atomic E-state index is -0.662. The Morgan fingerprint density at radius 2 is 2.05 bits per heavy atom. The van der Waals surface area contributed by atoms with Crippen LogP contribution in [0.2, 0.25) is 10.0 Å². The van der Waals surface area contributed by atoms with Gasteiger partial charge in [-0.25, -0.2) is 9.18 Å². The van der Waals surface area contributed by atoms with Crippen LogP contribution in [-0.4, -0.2) is 23.8 Å². The lowest BCUT2D eigenvalue weighted by atomic mass is 10.1. The van der Waals surface area contributed by atoms with Crippen molar-refractivity contribution in [1.82, 2.24) is 5.32 Å². The van der Waals surface area contributed by atoms with Crippen LogP contribution in [0.25, 0.3) is 0 Å². The molecule has 1 aromatic carbocycles. The molecule has 0 saturated heterocycles. The summed E-state index contributed by atoms with van der Waals surface area (Å²) in [6.45, 7) is 0.0394. The summed E-state index contributed by atoms with van der Waals surface area (Å²) >= 11 is 11.4. The normalized spacial score (nSPS) is 21.0. The molecular weight excluding hydrogens is 306 g/mol. The molecule has 0 fully saturated rings. The number of hydrogen-bond acceptors (Lipinski definition) is 2. The van der Waals surface area contributed by atoms with E-state index in [4.69, 9.17) is 28.3 Å². The molecule has 0 spiro atoms. The summed E-state index contributed by atoms with van der Waals surface area (Å²) in [6.07, 6.45) is 4.25. The zero-order valence-corrected chi connectivity index (χ0v) is 11.9. The van der Waals surface area contributed by atoms with Crippen LogP contribution in [0.4, 0.5) is 14.9 Å². The molecule has 0 heterocycles. The van der Waals surface area contributed by atoms with Crippen LogP contribution in [0.1, 0.15) is 6.42 Å². The molecular formula is C13H13Cl2FN2O2. The first-order valence-corrected chi connectivity index (χ1v) is 6.76. The topological polar surface area (TPSA) is 61.4 Å². The molecule has 0 aromatic heterocycles. The Kier molecular flexibility index (Phi) is 4.86. The first-order chi connectivity index (χ1) is 9.49. The third kappa shape index (κ3) is 3.62. The molecule has 0 bridgehead atoms. The van der Waals surface area contributed by atoms with Crippen molar-refractivity contribution in [2.24, 2.45) is 5.92 Å². The van der Waals surface area contributed by atoms with Gasteiger partial charge in [-0.3, -0.25) is 0 Å². The number of carbonyl (C=O) groups is 1. The fourth-order valence-corrected chi connectivity index (χ4v) is 2.28. The second-order valence-electron chi connectivity index (χ2n) is 4.51. The van der Waals surface area contributed by atoms with Crippen LogP contribution >= 0.6 is 23.2 Å². The largest absolute Gasteiger partial charge is 0.396 e. The van der Waals surface area contributed by atoms with Gasteiger partial charge in [0.2, 0.25) is 0 Å². The van der Waals surface area contributed by atoms with Crippen LogP contribution in [-0.2, 0) is 0 Å². The van der Waals surface area contributed by atoms with E-state index in [1.807, 2.05) is 6.08 Å². The number of amides is 2. The summed E-state index contributed by atoms with van der Waals surface area (Å²) in [7, 11) is 0. The highest BCUT2D eigenvalue weighted by atomic mass is 35.5. The fraction of sp³-hybridized carbons (Fsp3) is 0.308. The van der Waals surface area contributed by atoms with Gasteiger partial charge >= 0.3 is 6.03 Å². The molecule has 108 valence electrons. The van der Waals surface area contributed by atoms with Gasteiger partial charge in [0.1, 0.15) is 5.82 Å². The van der Waals surface area contributed by atoms with Gasteiger partial charge in [0.05, 0.1) is 15.7 Å². The molecule has 7 heteroatoms. The van der Waals surface area contributed by atoms with E-state index < -0.39 is 11.8 Å². The number of halogens is 3. The van der Waals surface area contributed by atoms with E-state index in [9.17, 15) is 9.18 Å². The highest BCUT2D eigenvalue weighted by Crippen LogP contribution is 2.28. The number of aliphatic hydroxyl groups is 1. The van der Waals surface area contributed by atoms with Crippen LogP contribution in [0.5, 0.6) is 0 Å². The quantitative estimate of drug-likeness (QED) is 0.592. The minimum absolute atomic E-state index is 0.0394. The Morgan fingerprint density at radius 1 is 1.35 bits per heavy atom. The van der Waals surface area contributed by atoms with E-state index in [0.717, 1.165) is 6.07 Å². The second-order valence-corrected chi connectivity index (χ2v) is 5.33.